The van der Waals surface area contributed by atoms with Crippen LogP contribution in [-0.4, -0.2) is 28.3 Å². The van der Waals surface area contributed by atoms with Gasteiger partial charge in [0.2, 0.25) is 0 Å². The van der Waals surface area contributed by atoms with E-state index in [2.05, 4.69) is 15.3 Å². The average molecular weight is 251 g/mol. The molecule has 1 aliphatic rings. The van der Waals surface area contributed by atoms with Crippen molar-refractivity contribution in [1.82, 2.24) is 15.3 Å². The Hall–Kier alpha value is -0.610. The molecule has 2 rings (SSSR count). The first-order valence-electron chi connectivity index (χ1n) is 6.58. The number of rotatable bonds is 6. The van der Waals surface area contributed by atoms with Gasteiger partial charge in [0.15, 0.2) is 5.16 Å². The summed E-state index contributed by atoms with van der Waals surface area (Å²) in [6, 6.07) is 2.64. The predicted molar refractivity (Wildman–Crippen MR) is 72.2 cm³/mol. The largest absolute Gasteiger partial charge is 0.314 e. The Bertz CT molecular complexity index is 299. The number of hydrogen-bond acceptors (Lipinski definition) is 4. The highest BCUT2D eigenvalue weighted by atomic mass is 32.2. The summed E-state index contributed by atoms with van der Waals surface area (Å²) in [7, 11) is 0. The van der Waals surface area contributed by atoms with Crippen LogP contribution in [0.3, 0.4) is 0 Å². The molecule has 1 N–H and O–H groups in total. The van der Waals surface area contributed by atoms with E-state index in [0.29, 0.717) is 0 Å². The third kappa shape index (κ3) is 5.04. The predicted octanol–water partition coefficient (Wildman–Crippen LogP) is 2.88. The van der Waals surface area contributed by atoms with Gasteiger partial charge in [0.25, 0.3) is 0 Å². The minimum atomic E-state index is 0.779. The Kier molecular flexibility index (Phi) is 5.79. The normalized spacial score (nSPS) is 17.2. The van der Waals surface area contributed by atoms with Crippen molar-refractivity contribution in [3.05, 3.63) is 18.5 Å². The first kappa shape index (κ1) is 12.8. The van der Waals surface area contributed by atoms with Gasteiger partial charge < -0.3 is 5.32 Å². The SMILES string of the molecule is c1cnc(SCCCNC2CCCCC2)nc1. The summed E-state index contributed by atoms with van der Waals surface area (Å²) in [4.78, 5) is 8.40. The molecule has 0 spiro atoms. The van der Waals surface area contributed by atoms with Crippen molar-refractivity contribution in [2.75, 3.05) is 12.3 Å². The highest BCUT2D eigenvalue weighted by Gasteiger charge is 2.11. The van der Waals surface area contributed by atoms with Crippen LogP contribution in [0.5, 0.6) is 0 Å². The Morgan fingerprint density at radius 3 is 2.71 bits per heavy atom. The summed E-state index contributed by atoms with van der Waals surface area (Å²) in [6.07, 6.45) is 11.8. The highest BCUT2D eigenvalue weighted by Crippen LogP contribution is 2.17. The smallest absolute Gasteiger partial charge is 0.187 e. The molecule has 1 aliphatic carbocycles. The second kappa shape index (κ2) is 7.67. The minimum absolute atomic E-state index is 0.779. The standard InChI is InChI=1S/C13H21N3S/c1-2-6-12(7-3-1)14-10-5-11-17-13-15-8-4-9-16-13/h4,8-9,12,14H,1-3,5-7,10-11H2. The topological polar surface area (TPSA) is 37.8 Å². The second-order valence-electron chi connectivity index (χ2n) is 4.52. The molecule has 3 nitrogen and oxygen atoms in total. The molecule has 0 radical (unpaired) electrons. The fourth-order valence-electron chi connectivity index (χ4n) is 2.21. The van der Waals surface area contributed by atoms with E-state index in [1.807, 2.05) is 6.07 Å². The summed E-state index contributed by atoms with van der Waals surface area (Å²) < 4.78 is 0. The summed E-state index contributed by atoms with van der Waals surface area (Å²) in [5, 5.41) is 4.55. The van der Waals surface area contributed by atoms with Crippen molar-refractivity contribution in [1.29, 1.82) is 0 Å². The van der Waals surface area contributed by atoms with E-state index in [9.17, 15) is 0 Å². The molecular formula is C13H21N3S. The monoisotopic (exact) mass is 251 g/mol. The fourth-order valence-corrected chi connectivity index (χ4v) is 2.95. The molecule has 0 amide bonds. The molecule has 0 aliphatic heterocycles. The molecule has 0 aromatic carbocycles. The van der Waals surface area contributed by atoms with Gasteiger partial charge in [-0.25, -0.2) is 9.97 Å². The van der Waals surface area contributed by atoms with Crippen molar-refractivity contribution in [3.8, 4) is 0 Å². The Morgan fingerprint density at radius 2 is 1.94 bits per heavy atom. The molecule has 4 heteroatoms. The van der Waals surface area contributed by atoms with Gasteiger partial charge in [-0.15, -0.1) is 0 Å². The van der Waals surface area contributed by atoms with Crippen LogP contribution < -0.4 is 5.32 Å². The fraction of sp³-hybridized carbons (Fsp3) is 0.692. The van der Waals surface area contributed by atoms with Crippen LogP contribution in [0.4, 0.5) is 0 Å². The lowest BCUT2D eigenvalue weighted by Crippen LogP contribution is -2.31. The number of thioether (sulfide) groups is 1. The third-order valence-electron chi connectivity index (χ3n) is 3.13. The maximum absolute atomic E-state index is 4.20. The maximum atomic E-state index is 4.20. The zero-order chi connectivity index (χ0) is 11.8. The van der Waals surface area contributed by atoms with E-state index in [1.54, 1.807) is 24.2 Å². The van der Waals surface area contributed by atoms with Gasteiger partial charge in [0.05, 0.1) is 0 Å². The van der Waals surface area contributed by atoms with Gasteiger partial charge in [-0.3, -0.25) is 0 Å². The van der Waals surface area contributed by atoms with Crippen LogP contribution in [0.2, 0.25) is 0 Å². The van der Waals surface area contributed by atoms with E-state index in [-0.39, 0.29) is 0 Å². The average Bonchev–Trinajstić information content (AvgIpc) is 2.41. The maximum Gasteiger partial charge on any atom is 0.187 e. The van der Waals surface area contributed by atoms with Gasteiger partial charge in [0.1, 0.15) is 0 Å². The van der Waals surface area contributed by atoms with Gasteiger partial charge in [-0.1, -0.05) is 31.0 Å². The number of nitrogens with one attached hydrogen (secondary N) is 1. The lowest BCUT2D eigenvalue weighted by atomic mass is 9.95. The molecule has 0 unspecified atom stereocenters. The van der Waals surface area contributed by atoms with Crippen LogP contribution in [0.25, 0.3) is 0 Å². The first-order chi connectivity index (χ1) is 8.45. The van der Waals surface area contributed by atoms with Gasteiger partial charge >= 0.3 is 0 Å². The molecule has 1 fully saturated rings. The zero-order valence-electron chi connectivity index (χ0n) is 10.3. The van der Waals surface area contributed by atoms with Gasteiger partial charge in [-0.05, 0) is 31.9 Å². The molecule has 1 aromatic rings. The summed E-state index contributed by atoms with van der Waals surface area (Å²) >= 11 is 1.74. The van der Waals surface area contributed by atoms with Crippen LogP contribution in [0.1, 0.15) is 38.5 Å². The summed E-state index contributed by atoms with van der Waals surface area (Å²) in [5.41, 5.74) is 0. The van der Waals surface area contributed by atoms with E-state index in [1.165, 1.54) is 38.5 Å². The second-order valence-corrected chi connectivity index (χ2v) is 5.58. The molecule has 1 saturated carbocycles. The number of nitrogens with zero attached hydrogens (tertiary/aromatic N) is 2. The molecular weight excluding hydrogens is 230 g/mol. The molecule has 0 atom stereocenters. The van der Waals surface area contributed by atoms with Crippen LogP contribution in [0, 0.1) is 0 Å². The lowest BCUT2D eigenvalue weighted by molar-refractivity contribution is 0.375. The van der Waals surface area contributed by atoms with Gasteiger partial charge in [-0.2, -0.15) is 0 Å². The Balaban J connectivity index is 1.51. The summed E-state index contributed by atoms with van der Waals surface area (Å²) in [6.45, 7) is 1.13. The first-order valence-corrected chi connectivity index (χ1v) is 7.57. The quantitative estimate of drug-likeness (QED) is 0.479. The Labute approximate surface area is 108 Å². The number of hydrogen-bond donors (Lipinski definition) is 1. The van der Waals surface area contributed by atoms with Crippen molar-refractivity contribution in [3.63, 3.8) is 0 Å². The molecule has 94 valence electrons. The van der Waals surface area contributed by atoms with E-state index < -0.39 is 0 Å². The molecule has 1 aromatic heterocycles. The Morgan fingerprint density at radius 1 is 1.18 bits per heavy atom. The van der Waals surface area contributed by atoms with Crippen LogP contribution >= 0.6 is 11.8 Å². The zero-order valence-corrected chi connectivity index (χ0v) is 11.1. The van der Waals surface area contributed by atoms with Gasteiger partial charge in [0, 0.05) is 24.2 Å². The third-order valence-corrected chi connectivity index (χ3v) is 4.09. The molecule has 1 heterocycles. The van der Waals surface area contributed by atoms with Crippen molar-refractivity contribution in [2.45, 2.75) is 49.7 Å². The van der Waals surface area contributed by atoms with Crippen molar-refractivity contribution >= 4 is 11.8 Å². The van der Waals surface area contributed by atoms with Crippen molar-refractivity contribution in [2.24, 2.45) is 0 Å². The number of aromatic nitrogens is 2. The van der Waals surface area contributed by atoms with E-state index in [0.717, 1.165) is 23.5 Å². The lowest BCUT2D eigenvalue weighted by Gasteiger charge is -2.22. The molecule has 17 heavy (non-hydrogen) atoms. The summed E-state index contributed by atoms with van der Waals surface area (Å²) in [5.74, 6) is 1.10. The highest BCUT2D eigenvalue weighted by molar-refractivity contribution is 7.99. The molecule has 0 saturated heterocycles. The van der Waals surface area contributed by atoms with E-state index in [4.69, 9.17) is 0 Å². The van der Waals surface area contributed by atoms with E-state index >= 15 is 0 Å². The van der Waals surface area contributed by atoms with Crippen LogP contribution in [0.15, 0.2) is 23.6 Å². The van der Waals surface area contributed by atoms with Crippen molar-refractivity contribution < 1.29 is 0 Å². The molecule has 0 bridgehead atoms. The van der Waals surface area contributed by atoms with Crippen LogP contribution in [-0.2, 0) is 0 Å². The minimum Gasteiger partial charge on any atom is -0.314 e.